The quantitative estimate of drug-likeness (QED) is 0.707. The fourth-order valence-electron chi connectivity index (χ4n) is 2.13. The summed E-state index contributed by atoms with van der Waals surface area (Å²) in [5.74, 6) is 0.751. The van der Waals surface area contributed by atoms with Gasteiger partial charge in [0.1, 0.15) is 6.61 Å². The van der Waals surface area contributed by atoms with E-state index in [1.165, 1.54) is 10.9 Å². The third-order valence-electron chi connectivity index (χ3n) is 3.52. The Labute approximate surface area is 157 Å². The molecule has 0 saturated heterocycles. The van der Waals surface area contributed by atoms with Crippen LogP contribution in [0.25, 0.3) is 0 Å². The number of halogens is 1. The van der Waals surface area contributed by atoms with Gasteiger partial charge >= 0.3 is 0 Å². The van der Waals surface area contributed by atoms with Crippen LogP contribution in [0, 0.1) is 0 Å². The summed E-state index contributed by atoms with van der Waals surface area (Å²) >= 11 is 6.13. The first-order valence-electron chi connectivity index (χ1n) is 8.42. The predicted octanol–water partition coefficient (Wildman–Crippen LogP) is 2.78. The van der Waals surface area contributed by atoms with Gasteiger partial charge in [-0.2, -0.15) is 5.10 Å². The van der Waals surface area contributed by atoms with Gasteiger partial charge in [-0.05, 0) is 39.7 Å². The Balaban J connectivity index is 1.97. The summed E-state index contributed by atoms with van der Waals surface area (Å²) < 4.78 is 12.4. The maximum Gasteiger partial charge on any atom is 0.289 e. The van der Waals surface area contributed by atoms with Crippen LogP contribution in [-0.2, 0) is 12.1 Å². The van der Waals surface area contributed by atoms with E-state index >= 15 is 0 Å². The Kier molecular flexibility index (Phi) is 6.99. The molecule has 7 nitrogen and oxygen atoms in total. The fourth-order valence-corrected chi connectivity index (χ4v) is 2.31. The van der Waals surface area contributed by atoms with Crippen molar-refractivity contribution in [2.24, 2.45) is 0 Å². The summed E-state index contributed by atoms with van der Waals surface area (Å²) in [5.41, 5.74) is -0.0406. The van der Waals surface area contributed by atoms with Crippen molar-refractivity contribution >= 4 is 11.6 Å². The van der Waals surface area contributed by atoms with E-state index in [1.807, 2.05) is 26.8 Å². The minimum Gasteiger partial charge on any atom is -0.485 e. The average Bonchev–Trinajstić information content (AvgIpc) is 2.60. The molecule has 0 spiro atoms. The summed E-state index contributed by atoms with van der Waals surface area (Å²) in [6.07, 6.45) is 4.56. The van der Waals surface area contributed by atoms with Gasteiger partial charge in [0.05, 0.1) is 18.3 Å². The van der Waals surface area contributed by atoms with E-state index in [9.17, 15) is 4.79 Å². The zero-order chi connectivity index (χ0) is 19.2. The molecule has 26 heavy (non-hydrogen) atoms. The zero-order valence-corrected chi connectivity index (χ0v) is 16.0. The SMILES string of the molecule is CC(C)(C)n1ncc(OCc2ccc(OCCCCO)nc2)c(Cl)c1=O. The number of aliphatic hydroxyl groups excluding tert-OH is 1. The highest BCUT2D eigenvalue weighted by molar-refractivity contribution is 6.31. The van der Waals surface area contributed by atoms with Crippen molar-refractivity contribution in [3.05, 3.63) is 45.5 Å². The minimum atomic E-state index is -0.462. The van der Waals surface area contributed by atoms with Crippen molar-refractivity contribution in [2.45, 2.75) is 45.8 Å². The summed E-state index contributed by atoms with van der Waals surface area (Å²) in [5, 5.41) is 12.9. The molecule has 0 amide bonds. The van der Waals surface area contributed by atoms with Gasteiger partial charge in [-0.1, -0.05) is 11.6 Å². The van der Waals surface area contributed by atoms with Crippen LogP contribution in [0.15, 0.2) is 29.3 Å². The van der Waals surface area contributed by atoms with Crippen LogP contribution in [0.5, 0.6) is 11.6 Å². The van der Waals surface area contributed by atoms with E-state index in [-0.39, 0.29) is 29.5 Å². The maximum atomic E-state index is 12.3. The number of unbranched alkanes of at least 4 members (excludes halogenated alkanes) is 1. The molecule has 2 rings (SSSR count). The monoisotopic (exact) mass is 381 g/mol. The van der Waals surface area contributed by atoms with Crippen LogP contribution in [0.2, 0.25) is 5.02 Å². The molecule has 2 aromatic rings. The molecule has 0 unspecified atom stereocenters. The number of rotatable bonds is 8. The van der Waals surface area contributed by atoms with E-state index in [1.54, 1.807) is 12.3 Å². The van der Waals surface area contributed by atoms with E-state index < -0.39 is 5.54 Å². The number of hydrogen-bond acceptors (Lipinski definition) is 6. The third-order valence-corrected chi connectivity index (χ3v) is 3.86. The Morgan fingerprint density at radius 2 is 1.96 bits per heavy atom. The molecule has 0 radical (unpaired) electrons. The van der Waals surface area contributed by atoms with Gasteiger partial charge < -0.3 is 14.6 Å². The lowest BCUT2D eigenvalue weighted by Crippen LogP contribution is -2.36. The Morgan fingerprint density at radius 3 is 2.58 bits per heavy atom. The van der Waals surface area contributed by atoms with Crippen LogP contribution in [0.4, 0.5) is 0 Å². The highest BCUT2D eigenvalue weighted by Gasteiger charge is 2.20. The van der Waals surface area contributed by atoms with Gasteiger partial charge in [0.15, 0.2) is 10.8 Å². The first kappa shape index (κ1) is 20.2. The normalized spacial score (nSPS) is 11.4. The van der Waals surface area contributed by atoms with Crippen molar-refractivity contribution in [2.75, 3.05) is 13.2 Å². The molecule has 1 N–H and O–H groups in total. The van der Waals surface area contributed by atoms with Crippen molar-refractivity contribution in [3.8, 4) is 11.6 Å². The van der Waals surface area contributed by atoms with Gasteiger partial charge in [-0.15, -0.1) is 0 Å². The molecule has 2 aromatic heterocycles. The predicted molar refractivity (Wildman–Crippen MR) is 98.9 cm³/mol. The number of ether oxygens (including phenoxy) is 2. The Morgan fingerprint density at radius 1 is 1.19 bits per heavy atom. The van der Waals surface area contributed by atoms with Crippen LogP contribution in [0.1, 0.15) is 39.2 Å². The second-order valence-electron chi connectivity index (χ2n) is 6.78. The topological polar surface area (TPSA) is 86.5 Å². The molecule has 0 aliphatic heterocycles. The average molecular weight is 382 g/mol. The number of aromatic nitrogens is 3. The molecule has 0 atom stereocenters. The molecule has 0 saturated carbocycles. The van der Waals surface area contributed by atoms with Crippen molar-refractivity contribution < 1.29 is 14.6 Å². The fraction of sp³-hybridized carbons (Fsp3) is 0.500. The van der Waals surface area contributed by atoms with Crippen molar-refractivity contribution in [1.29, 1.82) is 0 Å². The molecular formula is C18H24ClN3O4. The largest absolute Gasteiger partial charge is 0.485 e. The molecule has 142 valence electrons. The van der Waals surface area contributed by atoms with Gasteiger partial charge in [0.25, 0.3) is 5.56 Å². The van der Waals surface area contributed by atoms with E-state index in [2.05, 4.69) is 10.1 Å². The second kappa shape index (κ2) is 9.00. The van der Waals surface area contributed by atoms with Crippen molar-refractivity contribution in [3.63, 3.8) is 0 Å². The Hall–Kier alpha value is -2.12. The molecule has 0 bridgehead atoms. The Bertz CT molecular complexity index is 769. The highest BCUT2D eigenvalue weighted by Crippen LogP contribution is 2.22. The van der Waals surface area contributed by atoms with Crippen LogP contribution in [-0.4, -0.2) is 33.1 Å². The standard InChI is InChI=1S/C18H24ClN3O4/c1-18(2,3)22-17(24)16(19)14(11-21-22)26-12-13-6-7-15(20-10-13)25-9-5-4-8-23/h6-7,10-11,23H,4-5,8-9,12H2,1-3H3. The second-order valence-corrected chi connectivity index (χ2v) is 7.16. The van der Waals surface area contributed by atoms with Gasteiger partial charge in [-0.25, -0.2) is 9.67 Å². The van der Waals surface area contributed by atoms with Crippen LogP contribution in [0.3, 0.4) is 0 Å². The van der Waals surface area contributed by atoms with E-state index in [0.717, 1.165) is 12.0 Å². The summed E-state index contributed by atoms with van der Waals surface area (Å²) in [6.45, 7) is 6.49. The van der Waals surface area contributed by atoms with Crippen LogP contribution < -0.4 is 15.0 Å². The maximum absolute atomic E-state index is 12.3. The summed E-state index contributed by atoms with van der Waals surface area (Å²) in [6, 6.07) is 3.57. The van der Waals surface area contributed by atoms with Gasteiger partial charge in [0, 0.05) is 24.4 Å². The molecule has 2 heterocycles. The lowest BCUT2D eigenvalue weighted by molar-refractivity contribution is 0.248. The van der Waals surface area contributed by atoms with Crippen molar-refractivity contribution in [1.82, 2.24) is 14.8 Å². The van der Waals surface area contributed by atoms with Gasteiger partial charge in [-0.3, -0.25) is 4.79 Å². The molecule has 0 aromatic carbocycles. The number of nitrogens with zero attached hydrogens (tertiary/aromatic N) is 3. The lowest BCUT2D eigenvalue weighted by Gasteiger charge is -2.21. The molecular weight excluding hydrogens is 358 g/mol. The molecule has 0 aliphatic rings. The minimum absolute atomic E-state index is 0.00622. The van der Waals surface area contributed by atoms with Gasteiger partial charge in [0.2, 0.25) is 5.88 Å². The molecule has 0 aliphatic carbocycles. The third kappa shape index (κ3) is 5.44. The smallest absolute Gasteiger partial charge is 0.289 e. The van der Waals surface area contributed by atoms with E-state index in [0.29, 0.717) is 18.9 Å². The van der Waals surface area contributed by atoms with E-state index in [4.69, 9.17) is 26.2 Å². The first-order chi connectivity index (χ1) is 12.3. The van der Waals surface area contributed by atoms with Crippen LogP contribution >= 0.6 is 11.6 Å². The molecule has 0 fully saturated rings. The zero-order valence-electron chi connectivity index (χ0n) is 15.2. The first-order valence-corrected chi connectivity index (χ1v) is 8.80. The number of hydrogen-bond donors (Lipinski definition) is 1. The highest BCUT2D eigenvalue weighted by atomic mass is 35.5. The summed E-state index contributed by atoms with van der Waals surface area (Å²) in [7, 11) is 0. The lowest BCUT2D eigenvalue weighted by atomic mass is 10.1. The number of pyridine rings is 1. The number of aliphatic hydroxyl groups is 1. The summed E-state index contributed by atoms with van der Waals surface area (Å²) in [4.78, 5) is 16.5. The molecule has 8 heteroatoms.